The van der Waals surface area contributed by atoms with Crippen molar-refractivity contribution in [3.05, 3.63) is 60.2 Å². The summed E-state index contributed by atoms with van der Waals surface area (Å²) in [5.41, 5.74) is 3.38. The molecule has 2 aromatic carbocycles. The number of hydrogen-bond acceptors (Lipinski definition) is 3. The van der Waals surface area contributed by atoms with Gasteiger partial charge in [-0.15, -0.1) is 0 Å². The van der Waals surface area contributed by atoms with Gasteiger partial charge in [0.15, 0.2) is 0 Å². The minimum absolute atomic E-state index is 0.116. The Hall–Kier alpha value is -2.66. The van der Waals surface area contributed by atoms with E-state index in [2.05, 4.69) is 34.5 Å². The third-order valence-corrected chi connectivity index (χ3v) is 5.93. The van der Waals surface area contributed by atoms with Gasteiger partial charge in [0.05, 0.1) is 12.5 Å². The second-order valence-electron chi connectivity index (χ2n) is 8.12. The molecule has 29 heavy (non-hydrogen) atoms. The Morgan fingerprint density at radius 1 is 0.931 bits per heavy atom. The van der Waals surface area contributed by atoms with E-state index in [1.807, 2.05) is 42.2 Å². The molecule has 1 atom stereocenters. The number of nitrogens with one attached hydrogen (secondary N) is 1. The highest BCUT2D eigenvalue weighted by Gasteiger charge is 2.30. The van der Waals surface area contributed by atoms with Crippen molar-refractivity contribution < 1.29 is 9.59 Å². The Kier molecular flexibility index (Phi) is 5.95. The van der Waals surface area contributed by atoms with Crippen molar-refractivity contribution in [2.45, 2.75) is 38.3 Å². The highest BCUT2D eigenvalue weighted by Crippen LogP contribution is 2.21. The van der Waals surface area contributed by atoms with Crippen molar-refractivity contribution in [2.75, 3.05) is 26.2 Å². The normalized spacial score (nSPS) is 18.3. The summed E-state index contributed by atoms with van der Waals surface area (Å²) in [7, 11) is 0. The molecule has 1 aliphatic carbocycles. The number of benzene rings is 2. The van der Waals surface area contributed by atoms with E-state index in [-0.39, 0.29) is 17.9 Å². The molecule has 152 valence electrons. The van der Waals surface area contributed by atoms with Gasteiger partial charge in [-0.05, 0) is 36.5 Å². The molecule has 1 saturated carbocycles. The highest BCUT2D eigenvalue weighted by molar-refractivity contribution is 5.82. The van der Waals surface area contributed by atoms with Gasteiger partial charge >= 0.3 is 0 Å². The number of carbonyl (C=O) groups is 2. The fourth-order valence-corrected chi connectivity index (χ4v) is 3.81. The van der Waals surface area contributed by atoms with E-state index in [1.165, 1.54) is 5.56 Å². The molecule has 0 bridgehead atoms. The van der Waals surface area contributed by atoms with Crippen LogP contribution in [0.25, 0.3) is 11.1 Å². The minimum atomic E-state index is -0.126. The van der Waals surface area contributed by atoms with Gasteiger partial charge < -0.3 is 10.2 Å². The van der Waals surface area contributed by atoms with Crippen LogP contribution in [0, 0.1) is 0 Å². The lowest BCUT2D eigenvalue weighted by atomic mass is 10.0. The molecule has 0 aromatic heterocycles. The van der Waals surface area contributed by atoms with E-state index >= 15 is 0 Å². The first-order valence-electron chi connectivity index (χ1n) is 10.6. The van der Waals surface area contributed by atoms with Gasteiger partial charge in [-0.2, -0.15) is 0 Å². The molecule has 1 heterocycles. The van der Waals surface area contributed by atoms with Gasteiger partial charge in [-0.25, -0.2) is 0 Å². The summed E-state index contributed by atoms with van der Waals surface area (Å²) >= 11 is 0. The molecule has 2 aromatic rings. The van der Waals surface area contributed by atoms with Crippen LogP contribution < -0.4 is 5.32 Å². The summed E-state index contributed by atoms with van der Waals surface area (Å²) in [5.74, 6) is 0.276. The van der Waals surface area contributed by atoms with E-state index in [0.717, 1.165) is 37.1 Å². The fraction of sp³-hybridized carbons (Fsp3) is 0.417. The largest absolute Gasteiger partial charge is 0.352 e. The van der Waals surface area contributed by atoms with E-state index in [9.17, 15) is 9.59 Å². The zero-order chi connectivity index (χ0) is 20.2. The average Bonchev–Trinajstić information content (AvgIpc) is 3.58. The van der Waals surface area contributed by atoms with Gasteiger partial charge in [0.1, 0.15) is 0 Å². The predicted octanol–water partition coefficient (Wildman–Crippen LogP) is 2.71. The SMILES string of the molecule is CC(C(=O)NC1CC1)N1CCN(C(=O)Cc2ccc(-c3ccccc3)cc2)CC1. The van der Waals surface area contributed by atoms with Crippen molar-refractivity contribution in [3.63, 3.8) is 0 Å². The van der Waals surface area contributed by atoms with Crippen LogP contribution in [0.15, 0.2) is 54.6 Å². The molecule has 0 spiro atoms. The third kappa shape index (κ3) is 5.04. The van der Waals surface area contributed by atoms with Crippen LogP contribution in [-0.4, -0.2) is 59.9 Å². The molecule has 1 unspecified atom stereocenters. The zero-order valence-electron chi connectivity index (χ0n) is 17.0. The molecule has 0 radical (unpaired) electrons. The number of piperazine rings is 1. The van der Waals surface area contributed by atoms with Crippen LogP contribution in [-0.2, 0) is 16.0 Å². The lowest BCUT2D eigenvalue weighted by Gasteiger charge is -2.37. The monoisotopic (exact) mass is 391 g/mol. The first-order valence-corrected chi connectivity index (χ1v) is 10.6. The lowest BCUT2D eigenvalue weighted by molar-refractivity contribution is -0.133. The molecule has 5 heteroatoms. The van der Waals surface area contributed by atoms with Crippen molar-refractivity contribution in [2.24, 2.45) is 0 Å². The summed E-state index contributed by atoms with van der Waals surface area (Å²) in [6.07, 6.45) is 2.63. The summed E-state index contributed by atoms with van der Waals surface area (Å²) in [4.78, 5) is 29.1. The average molecular weight is 392 g/mol. The number of rotatable bonds is 6. The van der Waals surface area contributed by atoms with Crippen LogP contribution in [0.1, 0.15) is 25.3 Å². The Balaban J connectivity index is 1.27. The number of nitrogens with zero attached hydrogens (tertiary/aromatic N) is 2. The smallest absolute Gasteiger partial charge is 0.237 e. The Bertz CT molecular complexity index is 838. The Morgan fingerprint density at radius 3 is 2.17 bits per heavy atom. The molecule has 2 aliphatic rings. The molecule has 1 aliphatic heterocycles. The molecule has 4 rings (SSSR count). The van der Waals surface area contributed by atoms with Crippen LogP contribution >= 0.6 is 0 Å². The van der Waals surface area contributed by atoms with Crippen molar-refractivity contribution in [3.8, 4) is 11.1 Å². The Morgan fingerprint density at radius 2 is 1.55 bits per heavy atom. The van der Waals surface area contributed by atoms with E-state index < -0.39 is 0 Å². The molecule has 5 nitrogen and oxygen atoms in total. The van der Waals surface area contributed by atoms with E-state index in [4.69, 9.17) is 0 Å². The minimum Gasteiger partial charge on any atom is -0.352 e. The molecular formula is C24H29N3O2. The Labute approximate surface area is 172 Å². The second kappa shape index (κ2) is 8.78. The maximum absolute atomic E-state index is 12.7. The maximum atomic E-state index is 12.7. The summed E-state index contributed by atoms with van der Waals surface area (Å²) in [6, 6.07) is 18.8. The van der Waals surface area contributed by atoms with Gasteiger partial charge in [0.2, 0.25) is 11.8 Å². The van der Waals surface area contributed by atoms with Gasteiger partial charge in [0, 0.05) is 32.2 Å². The van der Waals surface area contributed by atoms with Gasteiger partial charge in [-0.1, -0.05) is 54.6 Å². The summed E-state index contributed by atoms with van der Waals surface area (Å²) in [5, 5.41) is 3.07. The quantitative estimate of drug-likeness (QED) is 0.824. The standard InChI is InChI=1S/C24H29N3O2/c1-18(24(29)25-22-11-12-22)26-13-15-27(16-14-26)23(28)17-19-7-9-21(10-8-19)20-5-3-2-4-6-20/h2-10,18,22H,11-17H2,1H3,(H,25,29). The number of hydrogen-bond donors (Lipinski definition) is 1. The lowest BCUT2D eigenvalue weighted by Crippen LogP contribution is -2.55. The van der Waals surface area contributed by atoms with Crippen molar-refractivity contribution in [1.82, 2.24) is 15.1 Å². The van der Waals surface area contributed by atoms with Gasteiger partial charge in [-0.3, -0.25) is 14.5 Å². The summed E-state index contributed by atoms with van der Waals surface area (Å²) in [6.45, 7) is 4.82. The third-order valence-electron chi connectivity index (χ3n) is 5.93. The number of carbonyl (C=O) groups excluding carboxylic acids is 2. The van der Waals surface area contributed by atoms with Gasteiger partial charge in [0.25, 0.3) is 0 Å². The zero-order valence-corrected chi connectivity index (χ0v) is 17.0. The maximum Gasteiger partial charge on any atom is 0.237 e. The van der Waals surface area contributed by atoms with Crippen molar-refractivity contribution >= 4 is 11.8 Å². The van der Waals surface area contributed by atoms with Crippen LogP contribution in [0.4, 0.5) is 0 Å². The molecule has 2 fully saturated rings. The van der Waals surface area contributed by atoms with E-state index in [0.29, 0.717) is 25.6 Å². The highest BCUT2D eigenvalue weighted by atomic mass is 16.2. The first-order chi connectivity index (χ1) is 14.1. The molecule has 1 saturated heterocycles. The predicted molar refractivity (Wildman–Crippen MR) is 114 cm³/mol. The topological polar surface area (TPSA) is 52.7 Å². The van der Waals surface area contributed by atoms with E-state index in [1.54, 1.807) is 0 Å². The summed E-state index contributed by atoms with van der Waals surface area (Å²) < 4.78 is 0. The fourth-order valence-electron chi connectivity index (χ4n) is 3.81. The molecule has 2 amide bonds. The van der Waals surface area contributed by atoms with Crippen molar-refractivity contribution in [1.29, 1.82) is 0 Å². The molecule has 1 N–H and O–H groups in total. The first kappa shape index (κ1) is 19.6. The van der Waals surface area contributed by atoms with Crippen LogP contribution in [0.2, 0.25) is 0 Å². The molecular weight excluding hydrogens is 362 g/mol. The van der Waals surface area contributed by atoms with Crippen LogP contribution in [0.5, 0.6) is 0 Å². The second-order valence-corrected chi connectivity index (χ2v) is 8.12. The number of amides is 2. The van der Waals surface area contributed by atoms with Crippen LogP contribution in [0.3, 0.4) is 0 Å².